The molecule has 43 heavy (non-hydrogen) atoms. The van der Waals surface area contributed by atoms with Crippen LogP contribution in [0.25, 0.3) is 0 Å². The number of hydrogen-bond donors (Lipinski definition) is 3. The number of likely N-dealkylation sites (tertiary alicyclic amines) is 1. The first kappa shape index (κ1) is 31.0. The predicted molar refractivity (Wildman–Crippen MR) is 175 cm³/mol. The second kappa shape index (κ2) is 14.8. The summed E-state index contributed by atoms with van der Waals surface area (Å²) < 4.78 is 5.45. The van der Waals surface area contributed by atoms with Crippen LogP contribution in [0.5, 0.6) is 0 Å². The number of nitrogens with zero attached hydrogens (tertiary/aromatic N) is 5. The van der Waals surface area contributed by atoms with E-state index in [2.05, 4.69) is 30.4 Å². The van der Waals surface area contributed by atoms with E-state index in [9.17, 15) is 5.11 Å². The fraction of sp³-hybridized carbons (Fsp3) is 0.455. The lowest BCUT2D eigenvalue weighted by Crippen LogP contribution is -2.48. The maximum Gasteiger partial charge on any atom is 0.229 e. The summed E-state index contributed by atoms with van der Waals surface area (Å²) in [7, 11) is 0. The normalized spacial score (nSPS) is 17.1. The van der Waals surface area contributed by atoms with Crippen LogP contribution in [0.4, 0.5) is 5.95 Å². The Labute approximate surface area is 260 Å². The summed E-state index contributed by atoms with van der Waals surface area (Å²) in [5.74, 6) is 1.15. The summed E-state index contributed by atoms with van der Waals surface area (Å²) in [6, 6.07) is 22.0. The van der Waals surface area contributed by atoms with Gasteiger partial charge in [-0.25, -0.2) is 9.97 Å². The van der Waals surface area contributed by atoms with Crippen LogP contribution in [0.15, 0.2) is 71.7 Å². The average molecular weight is 602 g/mol. The molecular weight excluding hydrogens is 558 g/mol. The zero-order valence-electron chi connectivity index (χ0n) is 25.2. The quantitative estimate of drug-likeness (QED) is 0.153. The maximum absolute atomic E-state index is 12.3. The number of guanidine groups is 1. The number of hydrogen-bond acceptors (Lipinski definition) is 6. The van der Waals surface area contributed by atoms with E-state index in [1.54, 1.807) is 0 Å². The highest BCUT2D eigenvalue weighted by molar-refractivity contribution is 7.80. The van der Waals surface area contributed by atoms with Gasteiger partial charge < -0.3 is 20.1 Å². The molecule has 2 saturated heterocycles. The standard InChI is InChI=1S/C33H43N7O2S/c1-25-24-26(2)36-30(35-25)37-31(38-32(43)34-16-9-17-39-20-22-42-23-21-39)40-18-14-29(15-19-40)33(41,27-10-5-3-6-11-27)28-12-7-4-8-13-28/h3-8,10-13,24,29,41H,9,14-23H2,1-2H3,(H2,34,35,36,37,38,43). The molecule has 3 N–H and O–H groups in total. The van der Waals surface area contributed by atoms with Gasteiger partial charge in [-0.1, -0.05) is 60.7 Å². The minimum Gasteiger partial charge on any atom is -0.380 e. The molecular formula is C33H43N7O2S. The van der Waals surface area contributed by atoms with Crippen LogP contribution in [0.3, 0.4) is 0 Å². The molecule has 9 nitrogen and oxygen atoms in total. The van der Waals surface area contributed by atoms with Crippen molar-refractivity contribution in [2.45, 2.75) is 38.7 Å². The third-order valence-electron chi connectivity index (χ3n) is 8.26. The summed E-state index contributed by atoms with van der Waals surface area (Å²) in [4.78, 5) is 18.6. The molecule has 0 atom stereocenters. The number of benzene rings is 2. The molecule has 5 rings (SSSR count). The first-order valence-electron chi connectivity index (χ1n) is 15.3. The smallest absolute Gasteiger partial charge is 0.229 e. The summed E-state index contributed by atoms with van der Waals surface area (Å²) >= 11 is 5.67. The van der Waals surface area contributed by atoms with Crippen molar-refractivity contribution < 1.29 is 9.84 Å². The lowest BCUT2D eigenvalue weighted by atomic mass is 9.72. The van der Waals surface area contributed by atoms with Crippen molar-refractivity contribution in [3.05, 3.63) is 89.2 Å². The van der Waals surface area contributed by atoms with Crippen LogP contribution in [0, 0.1) is 19.8 Å². The van der Waals surface area contributed by atoms with E-state index in [1.807, 2.05) is 80.6 Å². The number of aryl methyl sites for hydroxylation is 2. The highest BCUT2D eigenvalue weighted by atomic mass is 32.1. The highest BCUT2D eigenvalue weighted by Crippen LogP contribution is 2.42. The van der Waals surface area contributed by atoms with E-state index in [0.717, 1.165) is 81.2 Å². The predicted octanol–water partition coefficient (Wildman–Crippen LogP) is 4.11. The van der Waals surface area contributed by atoms with Gasteiger partial charge >= 0.3 is 0 Å². The van der Waals surface area contributed by atoms with E-state index in [1.165, 1.54) is 0 Å². The Hall–Kier alpha value is -3.44. The number of rotatable bonds is 8. The molecule has 0 unspecified atom stereocenters. The van der Waals surface area contributed by atoms with Gasteiger partial charge in [-0.3, -0.25) is 10.2 Å². The van der Waals surface area contributed by atoms with Crippen LogP contribution in [-0.4, -0.2) is 88.4 Å². The number of aliphatic imine (C=N–C) groups is 1. The summed E-state index contributed by atoms with van der Waals surface area (Å²) in [5.41, 5.74) is 2.50. The van der Waals surface area contributed by atoms with Crippen molar-refractivity contribution in [1.29, 1.82) is 0 Å². The highest BCUT2D eigenvalue weighted by Gasteiger charge is 2.42. The molecule has 2 aliphatic heterocycles. The first-order valence-corrected chi connectivity index (χ1v) is 15.7. The summed E-state index contributed by atoms with van der Waals surface area (Å²) in [5, 5.41) is 19.4. The van der Waals surface area contributed by atoms with Crippen LogP contribution in [0.1, 0.15) is 41.8 Å². The minimum absolute atomic E-state index is 0.0255. The zero-order valence-corrected chi connectivity index (χ0v) is 26.0. The van der Waals surface area contributed by atoms with E-state index in [4.69, 9.17) is 21.9 Å². The Balaban J connectivity index is 1.30. The van der Waals surface area contributed by atoms with Gasteiger partial charge in [0.2, 0.25) is 11.9 Å². The molecule has 0 spiro atoms. The fourth-order valence-electron chi connectivity index (χ4n) is 6.05. The topological polar surface area (TPSA) is 98.1 Å². The van der Waals surface area contributed by atoms with Gasteiger partial charge in [-0.15, -0.1) is 0 Å². The van der Waals surface area contributed by atoms with Gasteiger partial charge in [-0.2, -0.15) is 4.99 Å². The minimum atomic E-state index is -1.09. The van der Waals surface area contributed by atoms with Gasteiger partial charge in [0, 0.05) is 44.1 Å². The van der Waals surface area contributed by atoms with Crippen molar-refractivity contribution in [1.82, 2.24) is 25.1 Å². The van der Waals surface area contributed by atoms with Gasteiger partial charge in [-0.05, 0) is 75.0 Å². The Kier molecular flexibility index (Phi) is 10.7. The molecule has 0 saturated carbocycles. The monoisotopic (exact) mass is 601 g/mol. The number of piperidine rings is 1. The zero-order chi connectivity index (χ0) is 30.1. The number of morpholine rings is 1. The van der Waals surface area contributed by atoms with Gasteiger partial charge in [0.05, 0.1) is 13.2 Å². The van der Waals surface area contributed by atoms with Crippen molar-refractivity contribution in [3.8, 4) is 0 Å². The lowest BCUT2D eigenvalue weighted by molar-refractivity contribution is -0.00653. The second-order valence-electron chi connectivity index (χ2n) is 11.3. The fourth-order valence-corrected chi connectivity index (χ4v) is 6.24. The van der Waals surface area contributed by atoms with Crippen molar-refractivity contribution in [2.75, 3.05) is 57.8 Å². The van der Waals surface area contributed by atoms with Gasteiger partial charge in [0.15, 0.2) is 5.11 Å². The van der Waals surface area contributed by atoms with Crippen molar-refractivity contribution >= 4 is 29.2 Å². The molecule has 2 fully saturated rings. The third-order valence-corrected chi connectivity index (χ3v) is 8.49. The van der Waals surface area contributed by atoms with Crippen molar-refractivity contribution in [2.24, 2.45) is 10.9 Å². The Morgan fingerprint density at radius 2 is 1.53 bits per heavy atom. The Morgan fingerprint density at radius 3 is 2.12 bits per heavy atom. The molecule has 10 heteroatoms. The van der Waals surface area contributed by atoms with E-state index < -0.39 is 5.60 Å². The Morgan fingerprint density at radius 1 is 0.953 bits per heavy atom. The first-order chi connectivity index (χ1) is 20.9. The molecule has 0 aliphatic carbocycles. The van der Waals surface area contributed by atoms with Gasteiger partial charge in [0.1, 0.15) is 5.60 Å². The molecule has 1 aromatic heterocycles. The van der Waals surface area contributed by atoms with Crippen LogP contribution in [-0.2, 0) is 10.3 Å². The number of aliphatic hydroxyl groups is 1. The van der Waals surface area contributed by atoms with Crippen molar-refractivity contribution in [3.63, 3.8) is 0 Å². The van der Waals surface area contributed by atoms with Crippen LogP contribution >= 0.6 is 12.2 Å². The Bertz CT molecular complexity index is 1300. The molecule has 2 aromatic carbocycles. The SMILES string of the molecule is Cc1cc(C)nc(N/C(=N/C(=S)NCCCN2CCOCC2)N2CCC(C(O)(c3ccccc3)c3ccccc3)CC2)n1. The number of aromatic nitrogens is 2. The van der Waals surface area contributed by atoms with Gasteiger partial charge in [0.25, 0.3) is 0 Å². The number of nitrogens with one attached hydrogen (secondary N) is 2. The molecule has 3 aromatic rings. The van der Waals surface area contributed by atoms with E-state index >= 15 is 0 Å². The molecule has 0 bridgehead atoms. The maximum atomic E-state index is 12.3. The largest absolute Gasteiger partial charge is 0.380 e. The molecule has 0 radical (unpaired) electrons. The lowest BCUT2D eigenvalue weighted by Gasteiger charge is -2.43. The van der Waals surface area contributed by atoms with Crippen LogP contribution in [0.2, 0.25) is 0 Å². The summed E-state index contributed by atoms with van der Waals surface area (Å²) in [6.45, 7) is 10.6. The molecule has 228 valence electrons. The second-order valence-corrected chi connectivity index (χ2v) is 11.7. The average Bonchev–Trinajstić information content (AvgIpc) is 3.03. The summed E-state index contributed by atoms with van der Waals surface area (Å²) in [6.07, 6.45) is 2.52. The molecule has 3 heterocycles. The third kappa shape index (κ3) is 8.14. The number of thiocarbonyl (C=S) groups is 1. The van der Waals surface area contributed by atoms with E-state index in [0.29, 0.717) is 30.1 Å². The van der Waals surface area contributed by atoms with Crippen LogP contribution < -0.4 is 10.6 Å². The number of ether oxygens (including phenoxy) is 1. The van der Waals surface area contributed by atoms with E-state index in [-0.39, 0.29) is 5.92 Å². The number of anilines is 1. The molecule has 2 aliphatic rings. The molecule has 0 amide bonds.